The molecule has 2 heteroatoms. The summed E-state index contributed by atoms with van der Waals surface area (Å²) in [7, 11) is 0. The maximum Gasteiger partial charge on any atom is 0.0299 e. The maximum absolute atomic E-state index is 3.53. The fourth-order valence-corrected chi connectivity index (χ4v) is 2.97. The topological polar surface area (TPSA) is 12.0 Å². The van der Waals surface area contributed by atoms with E-state index in [4.69, 9.17) is 0 Å². The van der Waals surface area contributed by atoms with E-state index in [0.717, 1.165) is 19.0 Å². The molecule has 102 valence electrons. The molecule has 0 fully saturated rings. The summed E-state index contributed by atoms with van der Waals surface area (Å²) < 4.78 is 0. The number of hydrogen-bond acceptors (Lipinski definition) is 2. The summed E-state index contributed by atoms with van der Waals surface area (Å²) in [6.07, 6.45) is 2.58. The van der Waals surface area contributed by atoms with Crippen LogP contribution in [0.15, 0.2) is 41.8 Å². The lowest BCUT2D eigenvalue weighted by molar-refractivity contribution is 0.528. The molecular weight excluding hydrogens is 250 g/mol. The Balaban J connectivity index is 1.78. The predicted octanol–water partition coefficient (Wildman–Crippen LogP) is 4.94. The summed E-state index contributed by atoms with van der Waals surface area (Å²) in [5.41, 5.74) is 2.65. The molecule has 1 aromatic heterocycles. The van der Waals surface area contributed by atoms with Crippen molar-refractivity contribution in [2.24, 2.45) is 5.92 Å². The number of benzene rings is 1. The third kappa shape index (κ3) is 4.81. The average molecular weight is 273 g/mol. The zero-order valence-electron chi connectivity index (χ0n) is 11.9. The Morgan fingerprint density at radius 1 is 1.11 bits per heavy atom. The van der Waals surface area contributed by atoms with Gasteiger partial charge >= 0.3 is 0 Å². The fraction of sp³-hybridized carbons (Fsp3) is 0.412. The molecule has 0 aliphatic carbocycles. The van der Waals surface area contributed by atoms with Crippen molar-refractivity contribution >= 4 is 11.3 Å². The molecule has 2 rings (SSSR count). The molecule has 1 heterocycles. The minimum Gasteiger partial charge on any atom is -0.312 e. The minimum absolute atomic E-state index is 0.813. The first kappa shape index (κ1) is 14.3. The van der Waals surface area contributed by atoms with E-state index in [9.17, 15) is 0 Å². The van der Waals surface area contributed by atoms with Gasteiger partial charge in [-0.2, -0.15) is 0 Å². The summed E-state index contributed by atoms with van der Waals surface area (Å²) in [6, 6.07) is 12.9. The highest BCUT2D eigenvalue weighted by Crippen LogP contribution is 2.25. The van der Waals surface area contributed by atoms with Gasteiger partial charge in [0.2, 0.25) is 0 Å². The molecule has 1 nitrogen and oxygen atoms in total. The largest absolute Gasteiger partial charge is 0.312 e. The molecule has 0 spiro atoms. The Hall–Kier alpha value is -1.12. The molecule has 19 heavy (non-hydrogen) atoms. The number of hydrogen-bond donors (Lipinski definition) is 1. The summed E-state index contributed by atoms with van der Waals surface area (Å²) in [5.74, 6) is 0.813. The monoisotopic (exact) mass is 273 g/mol. The number of nitrogens with one attached hydrogen (secondary N) is 1. The second-order valence-corrected chi connectivity index (χ2v) is 6.38. The summed E-state index contributed by atoms with van der Waals surface area (Å²) in [4.78, 5) is 1.42. The maximum atomic E-state index is 3.53. The van der Waals surface area contributed by atoms with E-state index in [-0.39, 0.29) is 0 Å². The number of thiophene rings is 1. The molecule has 0 saturated heterocycles. The zero-order chi connectivity index (χ0) is 13.5. The molecule has 0 radical (unpaired) electrons. The normalized spacial score (nSPS) is 11.1. The van der Waals surface area contributed by atoms with Gasteiger partial charge < -0.3 is 5.32 Å². The van der Waals surface area contributed by atoms with Crippen LogP contribution in [0.1, 0.15) is 31.6 Å². The third-order valence-electron chi connectivity index (χ3n) is 3.20. The quantitative estimate of drug-likeness (QED) is 0.704. The van der Waals surface area contributed by atoms with E-state index >= 15 is 0 Å². The molecule has 0 saturated carbocycles. The van der Waals surface area contributed by atoms with E-state index < -0.39 is 0 Å². The van der Waals surface area contributed by atoms with Crippen LogP contribution in [0.4, 0.5) is 0 Å². The molecule has 0 aliphatic heterocycles. The molecule has 0 unspecified atom stereocenters. The van der Waals surface area contributed by atoms with Crippen LogP contribution in [0.5, 0.6) is 0 Å². The van der Waals surface area contributed by atoms with Crippen LogP contribution in [-0.2, 0) is 6.54 Å². The van der Waals surface area contributed by atoms with E-state index in [1.807, 2.05) is 11.3 Å². The van der Waals surface area contributed by atoms with Crippen molar-refractivity contribution in [2.75, 3.05) is 6.54 Å². The van der Waals surface area contributed by atoms with E-state index in [0.29, 0.717) is 0 Å². The lowest BCUT2D eigenvalue weighted by Gasteiger charge is -2.05. The molecule has 2 aromatic rings. The summed E-state index contributed by atoms with van der Waals surface area (Å²) in [5, 5.41) is 5.78. The van der Waals surface area contributed by atoms with Gasteiger partial charge in [0.1, 0.15) is 0 Å². The van der Waals surface area contributed by atoms with Crippen molar-refractivity contribution < 1.29 is 0 Å². The van der Waals surface area contributed by atoms with Gasteiger partial charge in [-0.05, 0) is 47.9 Å². The zero-order valence-corrected chi connectivity index (χ0v) is 12.7. The highest BCUT2D eigenvalue weighted by atomic mass is 32.1. The Labute approximate surface area is 120 Å². The Bertz CT molecular complexity index is 473. The first-order valence-electron chi connectivity index (χ1n) is 7.09. The van der Waals surface area contributed by atoms with Crippen molar-refractivity contribution in [1.82, 2.24) is 5.32 Å². The van der Waals surface area contributed by atoms with E-state index in [1.165, 1.54) is 28.8 Å². The van der Waals surface area contributed by atoms with E-state index in [1.54, 1.807) is 0 Å². The van der Waals surface area contributed by atoms with Gasteiger partial charge in [0, 0.05) is 11.4 Å². The van der Waals surface area contributed by atoms with Crippen molar-refractivity contribution in [2.45, 2.75) is 33.2 Å². The second-order valence-electron chi connectivity index (χ2n) is 5.38. The molecule has 1 aromatic carbocycles. The molecule has 1 N–H and O–H groups in total. The van der Waals surface area contributed by atoms with Crippen LogP contribution in [0.2, 0.25) is 0 Å². The van der Waals surface area contributed by atoms with Crippen molar-refractivity contribution in [1.29, 1.82) is 0 Å². The predicted molar refractivity (Wildman–Crippen MR) is 85.5 cm³/mol. The Kier molecular flexibility index (Phi) is 5.62. The van der Waals surface area contributed by atoms with Crippen molar-refractivity contribution in [3.05, 3.63) is 46.7 Å². The minimum atomic E-state index is 0.813. The van der Waals surface area contributed by atoms with Crippen LogP contribution < -0.4 is 5.32 Å². The van der Waals surface area contributed by atoms with Crippen molar-refractivity contribution in [3.63, 3.8) is 0 Å². The van der Waals surface area contributed by atoms with Crippen molar-refractivity contribution in [3.8, 4) is 11.1 Å². The van der Waals surface area contributed by atoms with Gasteiger partial charge in [-0.1, -0.05) is 44.2 Å². The Morgan fingerprint density at radius 2 is 1.89 bits per heavy atom. The smallest absolute Gasteiger partial charge is 0.0299 e. The average Bonchev–Trinajstić information content (AvgIpc) is 2.88. The first-order chi connectivity index (χ1) is 9.25. The van der Waals surface area contributed by atoms with Gasteiger partial charge in [-0.15, -0.1) is 11.3 Å². The Morgan fingerprint density at radius 3 is 2.63 bits per heavy atom. The number of rotatable bonds is 7. The van der Waals surface area contributed by atoms with Gasteiger partial charge in [0.15, 0.2) is 0 Å². The molecule has 0 atom stereocenters. The van der Waals surface area contributed by atoms with E-state index in [2.05, 4.69) is 60.9 Å². The first-order valence-corrected chi connectivity index (χ1v) is 7.97. The highest BCUT2D eigenvalue weighted by Gasteiger charge is 2.02. The molecular formula is C17H23NS. The SMILES string of the molecule is CC(C)CCCNCc1cc(-c2ccccc2)cs1. The standard InChI is InChI=1S/C17H23NS/c1-14(2)7-6-10-18-12-17-11-16(13-19-17)15-8-4-3-5-9-15/h3-5,8-9,11,13-14,18H,6-7,10,12H2,1-2H3. The second kappa shape index (κ2) is 7.46. The summed E-state index contributed by atoms with van der Waals surface area (Å²) >= 11 is 1.85. The van der Waals surface area contributed by atoms with Crippen LogP contribution in [0.25, 0.3) is 11.1 Å². The third-order valence-corrected chi connectivity index (χ3v) is 4.13. The van der Waals surface area contributed by atoms with Crippen LogP contribution in [0, 0.1) is 5.92 Å². The lowest BCUT2D eigenvalue weighted by Crippen LogP contribution is -2.14. The molecule has 0 bridgehead atoms. The molecule has 0 amide bonds. The van der Waals surface area contributed by atoms with Crippen LogP contribution in [-0.4, -0.2) is 6.54 Å². The molecule has 0 aliphatic rings. The van der Waals surface area contributed by atoms with Gasteiger partial charge in [-0.3, -0.25) is 0 Å². The van der Waals surface area contributed by atoms with Gasteiger partial charge in [-0.25, -0.2) is 0 Å². The van der Waals surface area contributed by atoms with Crippen LogP contribution in [0.3, 0.4) is 0 Å². The van der Waals surface area contributed by atoms with Crippen LogP contribution >= 0.6 is 11.3 Å². The summed E-state index contributed by atoms with van der Waals surface area (Å²) in [6.45, 7) is 6.68. The highest BCUT2D eigenvalue weighted by molar-refractivity contribution is 7.10. The van der Waals surface area contributed by atoms with Gasteiger partial charge in [0.05, 0.1) is 0 Å². The van der Waals surface area contributed by atoms with Gasteiger partial charge in [0.25, 0.3) is 0 Å². The lowest BCUT2D eigenvalue weighted by atomic mass is 10.1. The fourth-order valence-electron chi connectivity index (χ4n) is 2.10.